The molecule has 4 nitrogen and oxygen atoms in total. The first-order valence-corrected chi connectivity index (χ1v) is 6.73. The molecule has 1 fully saturated rings. The second-order valence-corrected chi connectivity index (χ2v) is 4.89. The smallest absolute Gasteiger partial charge is 0.0992 e. The van der Waals surface area contributed by atoms with Crippen molar-refractivity contribution < 1.29 is 9.84 Å². The van der Waals surface area contributed by atoms with E-state index in [4.69, 9.17) is 10.00 Å². The zero-order valence-corrected chi connectivity index (χ0v) is 11.5. The molecule has 1 heterocycles. The average molecular weight is 260 g/mol. The molecule has 1 aromatic rings. The van der Waals surface area contributed by atoms with Gasteiger partial charge in [0.15, 0.2) is 0 Å². The molecule has 2 rings (SSSR count). The van der Waals surface area contributed by atoms with Crippen LogP contribution in [0.5, 0.6) is 0 Å². The van der Waals surface area contributed by atoms with Gasteiger partial charge < -0.3 is 14.7 Å². The van der Waals surface area contributed by atoms with E-state index < -0.39 is 6.10 Å². The lowest BCUT2D eigenvalue weighted by Gasteiger charge is -2.38. The standard InChI is InChI=1S/C15H20N2O2/c1-3-13-10-19-7-6-17(13)15-8-12(9-16)4-5-14(15)11(2)18/h4-5,8,11,13,18H,3,6-7,10H2,1-2H3/t11-,13?/m1/s1. The minimum atomic E-state index is -0.539. The van der Waals surface area contributed by atoms with E-state index in [1.807, 2.05) is 12.1 Å². The Labute approximate surface area is 114 Å². The van der Waals surface area contributed by atoms with Gasteiger partial charge in [-0.15, -0.1) is 0 Å². The van der Waals surface area contributed by atoms with E-state index in [2.05, 4.69) is 17.9 Å². The number of rotatable bonds is 3. The third-order valence-electron chi connectivity index (χ3n) is 3.62. The number of morpholine rings is 1. The van der Waals surface area contributed by atoms with E-state index in [1.165, 1.54) is 0 Å². The van der Waals surface area contributed by atoms with Crippen LogP contribution in [-0.4, -0.2) is 30.9 Å². The number of benzene rings is 1. The number of anilines is 1. The van der Waals surface area contributed by atoms with E-state index in [0.29, 0.717) is 24.8 Å². The fourth-order valence-corrected chi connectivity index (χ4v) is 2.53. The van der Waals surface area contributed by atoms with Gasteiger partial charge in [0.1, 0.15) is 0 Å². The number of aliphatic hydroxyl groups is 1. The van der Waals surface area contributed by atoms with Crippen molar-refractivity contribution >= 4 is 5.69 Å². The van der Waals surface area contributed by atoms with Crippen LogP contribution in [-0.2, 0) is 4.74 Å². The molecule has 0 amide bonds. The monoisotopic (exact) mass is 260 g/mol. The largest absolute Gasteiger partial charge is 0.389 e. The topological polar surface area (TPSA) is 56.5 Å². The van der Waals surface area contributed by atoms with Crippen molar-refractivity contribution in [1.29, 1.82) is 5.26 Å². The number of nitrogens with zero attached hydrogens (tertiary/aromatic N) is 2. The highest BCUT2D eigenvalue weighted by Gasteiger charge is 2.24. The van der Waals surface area contributed by atoms with Gasteiger partial charge in [-0.1, -0.05) is 13.0 Å². The van der Waals surface area contributed by atoms with E-state index >= 15 is 0 Å². The summed E-state index contributed by atoms with van der Waals surface area (Å²) >= 11 is 0. The highest BCUT2D eigenvalue weighted by Crippen LogP contribution is 2.30. The lowest BCUT2D eigenvalue weighted by atomic mass is 10.0. The summed E-state index contributed by atoms with van der Waals surface area (Å²) in [7, 11) is 0. The van der Waals surface area contributed by atoms with E-state index in [0.717, 1.165) is 24.2 Å². The van der Waals surface area contributed by atoms with Crippen LogP contribution in [0.1, 0.15) is 37.5 Å². The Balaban J connectivity index is 2.43. The number of hydrogen-bond donors (Lipinski definition) is 1. The molecular weight excluding hydrogens is 240 g/mol. The molecule has 0 spiro atoms. The maximum atomic E-state index is 9.92. The number of hydrogen-bond acceptors (Lipinski definition) is 4. The van der Waals surface area contributed by atoms with Crippen molar-refractivity contribution in [1.82, 2.24) is 0 Å². The second kappa shape index (κ2) is 6.05. The first-order chi connectivity index (χ1) is 9.17. The van der Waals surface area contributed by atoms with Crippen molar-refractivity contribution in [2.24, 2.45) is 0 Å². The van der Waals surface area contributed by atoms with Gasteiger partial charge in [-0.25, -0.2) is 0 Å². The Bertz CT molecular complexity index is 480. The fourth-order valence-electron chi connectivity index (χ4n) is 2.53. The van der Waals surface area contributed by atoms with Crippen LogP contribution in [0.25, 0.3) is 0 Å². The molecular formula is C15H20N2O2. The maximum Gasteiger partial charge on any atom is 0.0992 e. The molecule has 0 radical (unpaired) electrons. The van der Waals surface area contributed by atoms with Crippen LogP contribution < -0.4 is 4.90 Å². The van der Waals surface area contributed by atoms with Gasteiger partial charge in [0.2, 0.25) is 0 Å². The van der Waals surface area contributed by atoms with Crippen LogP contribution in [0.15, 0.2) is 18.2 Å². The quantitative estimate of drug-likeness (QED) is 0.905. The van der Waals surface area contributed by atoms with Gasteiger partial charge in [0, 0.05) is 17.8 Å². The van der Waals surface area contributed by atoms with Crippen LogP contribution >= 0.6 is 0 Å². The third kappa shape index (κ3) is 2.89. The first-order valence-electron chi connectivity index (χ1n) is 6.73. The average Bonchev–Trinajstić information content (AvgIpc) is 2.46. The molecule has 1 aromatic carbocycles. The zero-order valence-electron chi connectivity index (χ0n) is 11.5. The molecule has 0 aliphatic carbocycles. The minimum Gasteiger partial charge on any atom is -0.389 e. The molecule has 1 unspecified atom stereocenters. The molecule has 102 valence electrons. The summed E-state index contributed by atoms with van der Waals surface area (Å²) in [4.78, 5) is 2.26. The molecule has 19 heavy (non-hydrogen) atoms. The molecule has 1 aliphatic heterocycles. The molecule has 0 aromatic heterocycles. The fraction of sp³-hybridized carbons (Fsp3) is 0.533. The zero-order chi connectivity index (χ0) is 13.8. The lowest BCUT2D eigenvalue weighted by molar-refractivity contribution is 0.0925. The Hall–Kier alpha value is -1.57. The van der Waals surface area contributed by atoms with Gasteiger partial charge >= 0.3 is 0 Å². The van der Waals surface area contributed by atoms with Crippen molar-refractivity contribution in [2.75, 3.05) is 24.7 Å². The van der Waals surface area contributed by atoms with Crippen LogP contribution in [0.2, 0.25) is 0 Å². The number of nitriles is 1. The van der Waals surface area contributed by atoms with Crippen molar-refractivity contribution in [3.63, 3.8) is 0 Å². The lowest BCUT2D eigenvalue weighted by Crippen LogP contribution is -2.45. The van der Waals surface area contributed by atoms with E-state index in [-0.39, 0.29) is 0 Å². The van der Waals surface area contributed by atoms with Crippen LogP contribution in [0.4, 0.5) is 5.69 Å². The second-order valence-electron chi connectivity index (χ2n) is 4.89. The minimum absolute atomic E-state index is 0.306. The van der Waals surface area contributed by atoms with Gasteiger partial charge in [-0.2, -0.15) is 5.26 Å². The van der Waals surface area contributed by atoms with Gasteiger partial charge in [0.05, 0.1) is 37.0 Å². The summed E-state index contributed by atoms with van der Waals surface area (Å²) in [5.74, 6) is 0. The molecule has 4 heteroatoms. The summed E-state index contributed by atoms with van der Waals surface area (Å²) < 4.78 is 5.51. The Kier molecular flexibility index (Phi) is 4.41. The molecule has 2 atom stereocenters. The molecule has 0 bridgehead atoms. The van der Waals surface area contributed by atoms with Crippen molar-refractivity contribution in [3.05, 3.63) is 29.3 Å². The highest BCUT2D eigenvalue weighted by atomic mass is 16.5. The van der Waals surface area contributed by atoms with Gasteiger partial charge in [-0.05, 0) is 25.5 Å². The summed E-state index contributed by atoms with van der Waals surface area (Å²) in [6.45, 7) is 6.07. The summed E-state index contributed by atoms with van der Waals surface area (Å²) in [5.41, 5.74) is 2.46. The Morgan fingerprint density at radius 1 is 1.58 bits per heavy atom. The maximum absolute atomic E-state index is 9.92. The van der Waals surface area contributed by atoms with E-state index in [1.54, 1.807) is 13.0 Å². The predicted molar refractivity (Wildman–Crippen MR) is 74.0 cm³/mol. The highest BCUT2D eigenvalue weighted by molar-refractivity contribution is 5.59. The predicted octanol–water partition coefficient (Wildman–Crippen LogP) is 2.23. The van der Waals surface area contributed by atoms with Crippen LogP contribution in [0.3, 0.4) is 0 Å². The first kappa shape index (κ1) is 13.9. The normalized spacial score (nSPS) is 20.9. The summed E-state index contributed by atoms with van der Waals surface area (Å²) in [5, 5.41) is 19.0. The molecule has 1 aliphatic rings. The third-order valence-corrected chi connectivity index (χ3v) is 3.62. The van der Waals surface area contributed by atoms with Crippen LogP contribution in [0, 0.1) is 11.3 Å². The van der Waals surface area contributed by atoms with Crippen molar-refractivity contribution in [3.8, 4) is 6.07 Å². The summed E-state index contributed by atoms with van der Waals surface area (Å²) in [6, 6.07) is 7.95. The number of ether oxygens (including phenoxy) is 1. The number of aliphatic hydroxyl groups excluding tert-OH is 1. The Morgan fingerprint density at radius 2 is 2.37 bits per heavy atom. The SMILES string of the molecule is CCC1COCCN1c1cc(C#N)ccc1[C@@H](C)O. The Morgan fingerprint density at radius 3 is 3.00 bits per heavy atom. The molecule has 1 saturated heterocycles. The van der Waals surface area contributed by atoms with Gasteiger partial charge in [0.25, 0.3) is 0 Å². The molecule has 1 N–H and O–H groups in total. The van der Waals surface area contributed by atoms with Gasteiger partial charge in [-0.3, -0.25) is 0 Å². The summed E-state index contributed by atoms with van der Waals surface area (Å²) in [6.07, 6.45) is 0.443. The van der Waals surface area contributed by atoms with E-state index in [9.17, 15) is 5.11 Å². The molecule has 0 saturated carbocycles. The van der Waals surface area contributed by atoms with Crippen molar-refractivity contribution in [2.45, 2.75) is 32.4 Å².